The van der Waals surface area contributed by atoms with Gasteiger partial charge in [0.15, 0.2) is 11.6 Å². The van der Waals surface area contributed by atoms with Crippen LogP contribution in [0.1, 0.15) is 19.8 Å². The molecule has 1 aliphatic carbocycles. The van der Waals surface area contributed by atoms with E-state index in [0.29, 0.717) is 23.4 Å². The molecular formula is C12H13ClO4. The summed E-state index contributed by atoms with van der Waals surface area (Å²) in [5.74, 6) is -0.500. The molecule has 1 aliphatic rings. The van der Waals surface area contributed by atoms with E-state index in [2.05, 4.69) is 0 Å². The summed E-state index contributed by atoms with van der Waals surface area (Å²) in [6.45, 7) is 1.40. The normalized spacial score (nSPS) is 15.4. The van der Waals surface area contributed by atoms with Crippen LogP contribution in [0, 0.1) is 0 Å². The molecular weight excluding hydrogens is 244 g/mol. The van der Waals surface area contributed by atoms with Crippen LogP contribution in [0.2, 0.25) is 0 Å². The van der Waals surface area contributed by atoms with Crippen LogP contribution in [0.15, 0.2) is 23.3 Å². The van der Waals surface area contributed by atoms with E-state index in [1.165, 1.54) is 19.1 Å². The van der Waals surface area contributed by atoms with Crippen molar-refractivity contribution >= 4 is 29.1 Å². The predicted octanol–water partition coefficient (Wildman–Crippen LogP) is 1.57. The van der Waals surface area contributed by atoms with Crippen molar-refractivity contribution in [1.29, 1.82) is 0 Å². The number of ketones is 2. The van der Waals surface area contributed by atoms with E-state index in [1.54, 1.807) is 0 Å². The van der Waals surface area contributed by atoms with Gasteiger partial charge in [-0.2, -0.15) is 0 Å². The number of halogens is 1. The molecule has 0 heterocycles. The van der Waals surface area contributed by atoms with Crippen LogP contribution in [0.25, 0.3) is 0 Å². The van der Waals surface area contributed by atoms with Crippen molar-refractivity contribution in [2.75, 3.05) is 12.5 Å². The van der Waals surface area contributed by atoms with Crippen molar-refractivity contribution in [2.45, 2.75) is 19.8 Å². The average Bonchev–Trinajstić information content (AvgIpc) is 2.24. The van der Waals surface area contributed by atoms with Crippen LogP contribution in [-0.2, 0) is 19.1 Å². The lowest BCUT2D eigenvalue weighted by Gasteiger charge is -2.11. The van der Waals surface area contributed by atoms with Gasteiger partial charge in [-0.1, -0.05) is 0 Å². The third-order valence-corrected chi connectivity index (χ3v) is 2.47. The molecule has 0 amide bonds. The van der Waals surface area contributed by atoms with E-state index in [1.807, 2.05) is 0 Å². The average molecular weight is 257 g/mol. The quantitative estimate of drug-likeness (QED) is 0.426. The molecule has 0 aliphatic heterocycles. The van der Waals surface area contributed by atoms with Crippen molar-refractivity contribution in [3.63, 3.8) is 0 Å². The third-order valence-electron chi connectivity index (χ3n) is 2.28. The van der Waals surface area contributed by atoms with Gasteiger partial charge in [-0.05, 0) is 18.6 Å². The van der Waals surface area contributed by atoms with Crippen molar-refractivity contribution in [3.8, 4) is 0 Å². The molecule has 0 saturated carbocycles. The van der Waals surface area contributed by atoms with Crippen LogP contribution >= 0.6 is 11.6 Å². The number of ether oxygens (including phenoxy) is 1. The molecule has 0 saturated heterocycles. The number of allylic oxidation sites excluding steroid dienone is 3. The zero-order valence-corrected chi connectivity index (χ0v) is 10.3. The lowest BCUT2D eigenvalue weighted by Crippen LogP contribution is -2.15. The first-order valence-corrected chi connectivity index (χ1v) is 5.77. The van der Waals surface area contributed by atoms with Crippen LogP contribution in [0.5, 0.6) is 0 Å². The topological polar surface area (TPSA) is 60.4 Å². The first kappa shape index (κ1) is 13.6. The molecule has 1 rings (SSSR count). The minimum atomic E-state index is -0.404. The van der Waals surface area contributed by atoms with E-state index in [4.69, 9.17) is 16.3 Å². The molecule has 0 aromatic rings. The molecule has 0 unspecified atom stereocenters. The van der Waals surface area contributed by atoms with E-state index >= 15 is 0 Å². The first-order chi connectivity index (χ1) is 8.04. The maximum Gasteiger partial charge on any atom is 0.302 e. The van der Waals surface area contributed by atoms with Gasteiger partial charge < -0.3 is 4.74 Å². The Morgan fingerprint density at radius 2 is 1.71 bits per heavy atom. The lowest BCUT2D eigenvalue weighted by molar-refractivity contribution is -0.141. The van der Waals surface area contributed by atoms with E-state index in [0.717, 1.165) is 0 Å². The van der Waals surface area contributed by atoms with E-state index in [-0.39, 0.29) is 24.6 Å². The van der Waals surface area contributed by atoms with Crippen molar-refractivity contribution in [1.82, 2.24) is 0 Å². The summed E-state index contributed by atoms with van der Waals surface area (Å²) in [4.78, 5) is 33.7. The number of hydrogen-bond acceptors (Lipinski definition) is 4. The smallest absolute Gasteiger partial charge is 0.302 e. The molecule has 0 fully saturated rings. The zero-order valence-electron chi connectivity index (χ0n) is 9.49. The van der Waals surface area contributed by atoms with Crippen molar-refractivity contribution in [2.24, 2.45) is 0 Å². The number of hydrogen-bond donors (Lipinski definition) is 0. The van der Waals surface area contributed by atoms with Gasteiger partial charge in [0.05, 0.1) is 6.61 Å². The maximum atomic E-state index is 11.6. The molecule has 0 spiro atoms. The van der Waals surface area contributed by atoms with Crippen LogP contribution in [0.4, 0.5) is 0 Å². The highest BCUT2D eigenvalue weighted by Gasteiger charge is 2.19. The van der Waals surface area contributed by atoms with Gasteiger partial charge in [-0.15, -0.1) is 11.6 Å². The maximum absolute atomic E-state index is 11.6. The summed E-state index contributed by atoms with van der Waals surface area (Å²) in [6, 6.07) is 0. The highest BCUT2D eigenvalue weighted by molar-refractivity contribution is 6.21. The molecule has 17 heavy (non-hydrogen) atoms. The number of alkyl halides is 1. The Morgan fingerprint density at radius 3 is 2.18 bits per heavy atom. The fourth-order valence-corrected chi connectivity index (χ4v) is 1.64. The van der Waals surface area contributed by atoms with E-state index < -0.39 is 5.97 Å². The summed E-state index contributed by atoms with van der Waals surface area (Å²) in [7, 11) is 0. The van der Waals surface area contributed by atoms with Gasteiger partial charge in [0, 0.05) is 30.4 Å². The molecule has 0 bridgehead atoms. The van der Waals surface area contributed by atoms with Gasteiger partial charge >= 0.3 is 5.97 Å². The largest absolute Gasteiger partial charge is 0.466 e. The fourth-order valence-electron chi connectivity index (χ4n) is 1.44. The van der Waals surface area contributed by atoms with E-state index in [9.17, 15) is 14.4 Å². The Morgan fingerprint density at radius 1 is 1.18 bits per heavy atom. The zero-order chi connectivity index (χ0) is 12.8. The molecule has 0 N–H and O–H groups in total. The summed E-state index contributed by atoms with van der Waals surface area (Å²) in [5, 5.41) is 0. The molecule has 0 aromatic carbocycles. The molecule has 5 heteroatoms. The second kappa shape index (κ2) is 6.35. The second-order valence-corrected chi connectivity index (χ2v) is 3.97. The molecule has 4 nitrogen and oxygen atoms in total. The van der Waals surface area contributed by atoms with Gasteiger partial charge in [-0.3, -0.25) is 14.4 Å². The highest BCUT2D eigenvalue weighted by atomic mass is 35.5. The lowest BCUT2D eigenvalue weighted by atomic mass is 9.94. The summed E-state index contributed by atoms with van der Waals surface area (Å²) < 4.78 is 4.72. The van der Waals surface area contributed by atoms with Gasteiger partial charge in [0.25, 0.3) is 0 Å². The Hall–Kier alpha value is -1.42. The van der Waals surface area contributed by atoms with Crippen molar-refractivity contribution in [3.05, 3.63) is 23.3 Å². The Kier molecular flexibility index (Phi) is 5.10. The summed E-state index contributed by atoms with van der Waals surface area (Å²) in [6.07, 6.45) is 3.26. The van der Waals surface area contributed by atoms with Crippen LogP contribution < -0.4 is 0 Å². The number of rotatable bonds is 5. The van der Waals surface area contributed by atoms with Gasteiger partial charge in [-0.25, -0.2) is 0 Å². The third kappa shape index (κ3) is 4.15. The molecule has 0 radical (unpaired) electrons. The Labute approximate surface area is 104 Å². The van der Waals surface area contributed by atoms with Crippen LogP contribution in [-0.4, -0.2) is 30.0 Å². The van der Waals surface area contributed by atoms with Crippen LogP contribution in [0.3, 0.4) is 0 Å². The molecule has 0 atom stereocenters. The predicted molar refractivity (Wildman–Crippen MR) is 62.8 cm³/mol. The number of carbonyl (C=O) groups is 3. The molecule has 0 aromatic heterocycles. The SMILES string of the molecule is CC(=O)OCCC1=CC(=O)C(CCCl)=CC1=O. The Balaban J connectivity index is 2.59. The monoisotopic (exact) mass is 256 g/mol. The minimum Gasteiger partial charge on any atom is -0.466 e. The Bertz CT molecular complexity index is 407. The number of carbonyl (C=O) groups excluding carboxylic acids is 3. The first-order valence-electron chi connectivity index (χ1n) is 5.23. The second-order valence-electron chi connectivity index (χ2n) is 3.60. The standard InChI is InChI=1S/C12H13ClO4/c1-8(14)17-5-3-10-7-11(15)9(2-4-13)6-12(10)16/h6-7H,2-5H2,1H3. The minimum absolute atomic E-state index is 0.110. The number of esters is 1. The summed E-state index contributed by atoms with van der Waals surface area (Å²) >= 11 is 5.52. The molecule has 92 valence electrons. The summed E-state index contributed by atoms with van der Waals surface area (Å²) in [5.41, 5.74) is 0.802. The van der Waals surface area contributed by atoms with Gasteiger partial charge in [0.2, 0.25) is 0 Å². The fraction of sp³-hybridized carbons (Fsp3) is 0.417. The van der Waals surface area contributed by atoms with Gasteiger partial charge in [0.1, 0.15) is 0 Å². The van der Waals surface area contributed by atoms with Crippen molar-refractivity contribution < 1.29 is 19.1 Å². The highest BCUT2D eigenvalue weighted by Crippen LogP contribution is 2.17.